The molecule has 86 valence electrons. The first-order valence-corrected chi connectivity index (χ1v) is 6.68. The second-order valence-electron chi connectivity index (χ2n) is 5.31. The first kappa shape index (κ1) is 10.6. The Labute approximate surface area is 102 Å². The van der Waals surface area contributed by atoms with Gasteiger partial charge in [0.25, 0.3) is 0 Å². The highest BCUT2D eigenvalue weighted by Crippen LogP contribution is 2.33. The highest BCUT2D eigenvalue weighted by Gasteiger charge is 2.33. The Morgan fingerprint density at radius 3 is 2.62 bits per heavy atom. The van der Waals surface area contributed by atoms with Crippen LogP contribution in [-0.2, 0) is 6.42 Å². The van der Waals surface area contributed by atoms with E-state index in [2.05, 4.69) is 23.5 Å². The number of piperidine rings is 1. The van der Waals surface area contributed by atoms with E-state index in [0.717, 1.165) is 23.0 Å². The molecule has 2 atom stereocenters. The van der Waals surface area contributed by atoms with Crippen molar-refractivity contribution in [1.82, 2.24) is 5.32 Å². The van der Waals surface area contributed by atoms with Crippen LogP contribution >= 0.6 is 11.6 Å². The molecule has 3 rings (SSSR count). The average molecular weight is 236 g/mol. The molecule has 1 aromatic carbocycles. The van der Waals surface area contributed by atoms with E-state index < -0.39 is 0 Å². The van der Waals surface area contributed by atoms with Crippen LogP contribution in [0.15, 0.2) is 24.3 Å². The number of fused-ring (bicyclic) bond motifs is 2. The average Bonchev–Trinajstić information content (AvgIpc) is 2.58. The van der Waals surface area contributed by atoms with Crippen LogP contribution < -0.4 is 5.32 Å². The van der Waals surface area contributed by atoms with Crippen LogP contribution in [0.1, 0.15) is 31.2 Å². The van der Waals surface area contributed by atoms with E-state index in [4.69, 9.17) is 11.6 Å². The van der Waals surface area contributed by atoms with Crippen LogP contribution in [0, 0.1) is 5.92 Å². The summed E-state index contributed by atoms with van der Waals surface area (Å²) in [4.78, 5) is 0. The molecular weight excluding hydrogens is 218 g/mol. The lowest BCUT2D eigenvalue weighted by Crippen LogP contribution is -2.38. The Hall–Kier alpha value is -0.530. The van der Waals surface area contributed by atoms with Gasteiger partial charge in [-0.15, -0.1) is 0 Å². The normalized spacial score (nSPS) is 32.9. The van der Waals surface area contributed by atoms with Crippen LogP contribution in [-0.4, -0.2) is 12.1 Å². The van der Waals surface area contributed by atoms with E-state index in [1.807, 2.05) is 6.07 Å². The largest absolute Gasteiger partial charge is 0.311 e. The van der Waals surface area contributed by atoms with Crippen molar-refractivity contribution < 1.29 is 0 Å². The molecule has 0 amide bonds. The van der Waals surface area contributed by atoms with E-state index in [1.165, 1.54) is 37.7 Å². The smallest absolute Gasteiger partial charge is 0.0408 e. The maximum Gasteiger partial charge on any atom is 0.0408 e. The summed E-state index contributed by atoms with van der Waals surface area (Å²) >= 11 is 6.02. The van der Waals surface area contributed by atoms with E-state index in [1.54, 1.807) is 0 Å². The lowest BCUT2D eigenvalue weighted by atomic mass is 9.87. The molecule has 2 saturated heterocycles. The van der Waals surface area contributed by atoms with Gasteiger partial charge in [0.1, 0.15) is 0 Å². The van der Waals surface area contributed by atoms with Crippen molar-refractivity contribution in [3.63, 3.8) is 0 Å². The molecule has 2 bridgehead atoms. The minimum absolute atomic E-state index is 0.794. The van der Waals surface area contributed by atoms with Crippen LogP contribution in [0.5, 0.6) is 0 Å². The van der Waals surface area contributed by atoms with Gasteiger partial charge in [0.2, 0.25) is 0 Å². The standard InChI is InChI=1S/C14H18ClN/c15-12-3-1-2-10(7-12)6-11-8-13-4-5-14(9-11)16-13/h1-3,7,11,13-14,16H,4-6,8-9H2. The number of hydrogen-bond donors (Lipinski definition) is 1. The van der Waals surface area contributed by atoms with E-state index in [9.17, 15) is 0 Å². The Balaban J connectivity index is 1.67. The van der Waals surface area contributed by atoms with Gasteiger partial charge in [0.05, 0.1) is 0 Å². The lowest BCUT2D eigenvalue weighted by Gasteiger charge is -2.29. The number of nitrogens with one attached hydrogen (secondary N) is 1. The van der Waals surface area contributed by atoms with E-state index >= 15 is 0 Å². The highest BCUT2D eigenvalue weighted by molar-refractivity contribution is 6.30. The maximum atomic E-state index is 6.02. The second-order valence-corrected chi connectivity index (χ2v) is 5.75. The Morgan fingerprint density at radius 1 is 1.19 bits per heavy atom. The molecule has 2 aliphatic heterocycles. The van der Waals surface area contributed by atoms with Gasteiger partial charge in [0, 0.05) is 17.1 Å². The number of benzene rings is 1. The fraction of sp³-hybridized carbons (Fsp3) is 0.571. The Bertz CT molecular complexity index is 365. The molecule has 0 radical (unpaired) electrons. The van der Waals surface area contributed by atoms with Crippen molar-refractivity contribution in [2.24, 2.45) is 5.92 Å². The number of hydrogen-bond acceptors (Lipinski definition) is 1. The zero-order valence-electron chi connectivity index (χ0n) is 9.45. The minimum Gasteiger partial charge on any atom is -0.311 e. The minimum atomic E-state index is 0.794. The first-order chi connectivity index (χ1) is 7.79. The first-order valence-electron chi connectivity index (χ1n) is 6.30. The summed E-state index contributed by atoms with van der Waals surface area (Å²) in [6.07, 6.45) is 6.68. The Morgan fingerprint density at radius 2 is 1.94 bits per heavy atom. The van der Waals surface area contributed by atoms with Crippen molar-refractivity contribution in [1.29, 1.82) is 0 Å². The molecule has 0 saturated carbocycles. The van der Waals surface area contributed by atoms with E-state index in [-0.39, 0.29) is 0 Å². The second kappa shape index (κ2) is 4.38. The molecule has 2 unspecified atom stereocenters. The molecule has 1 nitrogen and oxygen atoms in total. The maximum absolute atomic E-state index is 6.02. The zero-order valence-corrected chi connectivity index (χ0v) is 10.2. The fourth-order valence-corrected chi connectivity index (χ4v) is 3.55. The summed E-state index contributed by atoms with van der Waals surface area (Å²) in [6.45, 7) is 0. The van der Waals surface area contributed by atoms with E-state index in [0.29, 0.717) is 0 Å². The molecule has 0 aliphatic carbocycles. The summed E-state index contributed by atoms with van der Waals surface area (Å²) in [5, 5.41) is 4.56. The summed E-state index contributed by atoms with van der Waals surface area (Å²) in [6, 6.07) is 9.93. The summed E-state index contributed by atoms with van der Waals surface area (Å²) in [5.74, 6) is 0.859. The molecule has 0 aromatic heterocycles. The molecule has 2 aliphatic rings. The third kappa shape index (κ3) is 2.26. The van der Waals surface area contributed by atoms with Crippen LogP contribution in [0.3, 0.4) is 0 Å². The highest BCUT2D eigenvalue weighted by atomic mass is 35.5. The summed E-state index contributed by atoms with van der Waals surface area (Å²) in [5.41, 5.74) is 1.40. The Kier molecular flexibility index (Phi) is 2.91. The molecule has 16 heavy (non-hydrogen) atoms. The SMILES string of the molecule is Clc1cccc(CC2CC3CCC(C2)N3)c1. The molecular formula is C14H18ClN. The van der Waals surface area contributed by atoms with Crippen molar-refractivity contribution in [2.75, 3.05) is 0 Å². The molecule has 2 fully saturated rings. The summed E-state index contributed by atoms with van der Waals surface area (Å²) in [7, 11) is 0. The molecule has 1 N–H and O–H groups in total. The third-order valence-electron chi connectivity index (χ3n) is 3.98. The third-order valence-corrected chi connectivity index (χ3v) is 4.22. The monoisotopic (exact) mass is 235 g/mol. The van der Waals surface area contributed by atoms with Gasteiger partial charge in [-0.3, -0.25) is 0 Å². The molecule has 1 aromatic rings. The van der Waals surface area contributed by atoms with Gasteiger partial charge in [-0.05, 0) is 55.7 Å². The topological polar surface area (TPSA) is 12.0 Å². The molecule has 2 heteroatoms. The quantitative estimate of drug-likeness (QED) is 0.829. The van der Waals surface area contributed by atoms with Gasteiger partial charge in [-0.1, -0.05) is 23.7 Å². The van der Waals surface area contributed by atoms with Crippen LogP contribution in [0.4, 0.5) is 0 Å². The van der Waals surface area contributed by atoms with Gasteiger partial charge in [-0.2, -0.15) is 0 Å². The van der Waals surface area contributed by atoms with Gasteiger partial charge >= 0.3 is 0 Å². The van der Waals surface area contributed by atoms with Crippen molar-refractivity contribution in [3.8, 4) is 0 Å². The van der Waals surface area contributed by atoms with Crippen molar-refractivity contribution in [2.45, 2.75) is 44.2 Å². The lowest BCUT2D eigenvalue weighted by molar-refractivity contribution is 0.298. The van der Waals surface area contributed by atoms with Crippen LogP contribution in [0.2, 0.25) is 5.02 Å². The predicted octanol–water partition coefficient (Wildman–Crippen LogP) is 3.41. The predicted molar refractivity (Wildman–Crippen MR) is 67.8 cm³/mol. The van der Waals surface area contributed by atoms with Crippen LogP contribution in [0.25, 0.3) is 0 Å². The number of rotatable bonds is 2. The summed E-state index contributed by atoms with van der Waals surface area (Å²) < 4.78 is 0. The zero-order chi connectivity index (χ0) is 11.0. The van der Waals surface area contributed by atoms with Gasteiger partial charge in [0.15, 0.2) is 0 Å². The number of halogens is 1. The van der Waals surface area contributed by atoms with Crippen molar-refractivity contribution >= 4 is 11.6 Å². The van der Waals surface area contributed by atoms with Gasteiger partial charge in [-0.25, -0.2) is 0 Å². The fourth-order valence-electron chi connectivity index (χ4n) is 3.34. The molecule has 0 spiro atoms. The van der Waals surface area contributed by atoms with Crippen molar-refractivity contribution in [3.05, 3.63) is 34.9 Å². The molecule has 2 heterocycles. The van der Waals surface area contributed by atoms with Gasteiger partial charge < -0.3 is 5.32 Å².